The molecule has 2 aromatic rings. The minimum absolute atomic E-state index is 0.0494. The maximum absolute atomic E-state index is 12.4. The molecule has 1 fully saturated rings. The van der Waals surface area contributed by atoms with E-state index in [2.05, 4.69) is 14.3 Å². The van der Waals surface area contributed by atoms with Gasteiger partial charge in [0, 0.05) is 37.7 Å². The van der Waals surface area contributed by atoms with Crippen LogP contribution in [0.1, 0.15) is 17.8 Å². The van der Waals surface area contributed by atoms with Crippen LogP contribution in [-0.4, -0.2) is 59.6 Å². The van der Waals surface area contributed by atoms with Crippen LogP contribution in [0.5, 0.6) is 0 Å². The highest BCUT2D eigenvalue weighted by atomic mass is 32.1. The molecule has 1 amide bonds. The summed E-state index contributed by atoms with van der Waals surface area (Å²) in [5, 5.41) is 0.944. The summed E-state index contributed by atoms with van der Waals surface area (Å²) in [4.78, 5) is 20.9. The summed E-state index contributed by atoms with van der Waals surface area (Å²) in [5.41, 5.74) is 1.13. The molecule has 3 rings (SSSR count). The van der Waals surface area contributed by atoms with Crippen LogP contribution in [0.4, 0.5) is 5.13 Å². The van der Waals surface area contributed by atoms with E-state index in [4.69, 9.17) is 4.74 Å². The Morgan fingerprint density at radius 1 is 1.23 bits per heavy atom. The molecule has 138 valence electrons. The van der Waals surface area contributed by atoms with Crippen molar-refractivity contribution in [3.05, 3.63) is 47.8 Å². The quantitative estimate of drug-likeness (QED) is 0.730. The zero-order valence-corrected chi connectivity index (χ0v) is 15.8. The van der Waals surface area contributed by atoms with E-state index < -0.39 is 0 Å². The molecular weight excluding hydrogens is 348 g/mol. The molecule has 0 spiro atoms. The normalized spacial score (nSPS) is 15.4. The number of aryl methyl sites for hydroxylation is 1. The third-order valence-electron chi connectivity index (χ3n) is 4.19. The van der Waals surface area contributed by atoms with Crippen molar-refractivity contribution in [3.8, 4) is 0 Å². The minimum Gasteiger partial charge on any atom is -0.368 e. The van der Waals surface area contributed by atoms with Crippen LogP contribution in [0.15, 0.2) is 36.4 Å². The Balaban J connectivity index is 1.40. The average molecular weight is 372 g/mol. The maximum Gasteiger partial charge on any atom is 0.248 e. The molecule has 1 aromatic heterocycles. The number of amides is 1. The van der Waals surface area contributed by atoms with Gasteiger partial charge in [0.05, 0.1) is 6.61 Å². The lowest BCUT2D eigenvalue weighted by Crippen LogP contribution is -2.37. The number of carbonyl (C=O) groups excluding carboxylic acids is 1. The van der Waals surface area contributed by atoms with Crippen molar-refractivity contribution in [1.82, 2.24) is 14.3 Å². The number of hydrogen-bond acceptors (Lipinski definition) is 6. The lowest BCUT2D eigenvalue weighted by Gasteiger charge is -2.21. The van der Waals surface area contributed by atoms with Crippen LogP contribution in [-0.2, 0) is 9.53 Å². The number of anilines is 1. The summed E-state index contributed by atoms with van der Waals surface area (Å²) in [6.07, 6.45) is 4.86. The molecule has 2 heterocycles. The Morgan fingerprint density at radius 3 is 2.85 bits per heavy atom. The average Bonchev–Trinajstić information content (AvgIpc) is 2.94. The summed E-state index contributed by atoms with van der Waals surface area (Å²) in [5.74, 6) is 0.854. The predicted octanol–water partition coefficient (Wildman–Crippen LogP) is 2.62. The number of hydrogen-bond donors (Lipinski definition) is 0. The van der Waals surface area contributed by atoms with E-state index in [-0.39, 0.29) is 12.5 Å². The lowest BCUT2D eigenvalue weighted by atomic mass is 10.2. The van der Waals surface area contributed by atoms with Crippen molar-refractivity contribution in [1.29, 1.82) is 0 Å². The molecule has 1 saturated heterocycles. The molecule has 0 saturated carbocycles. The van der Waals surface area contributed by atoms with Gasteiger partial charge in [0.2, 0.25) is 11.0 Å². The molecule has 1 aliphatic heterocycles. The van der Waals surface area contributed by atoms with E-state index in [9.17, 15) is 4.79 Å². The van der Waals surface area contributed by atoms with Gasteiger partial charge in [-0.2, -0.15) is 4.37 Å². The largest absolute Gasteiger partial charge is 0.368 e. The van der Waals surface area contributed by atoms with Crippen molar-refractivity contribution in [2.45, 2.75) is 13.3 Å². The third-order valence-corrected chi connectivity index (χ3v) is 5.05. The fourth-order valence-electron chi connectivity index (χ4n) is 2.83. The number of nitrogens with zero attached hydrogens (tertiary/aromatic N) is 4. The van der Waals surface area contributed by atoms with Gasteiger partial charge < -0.3 is 14.5 Å². The first kappa shape index (κ1) is 18.5. The SMILES string of the molecule is Cc1nsc(N2CCCN(C(=O)COC/C=C/c3ccccc3)CC2)n1. The van der Waals surface area contributed by atoms with Crippen LogP contribution in [0.3, 0.4) is 0 Å². The van der Waals surface area contributed by atoms with Crippen molar-refractivity contribution in [2.24, 2.45) is 0 Å². The van der Waals surface area contributed by atoms with E-state index in [1.807, 2.05) is 54.3 Å². The Hall–Kier alpha value is -2.25. The van der Waals surface area contributed by atoms with Gasteiger partial charge in [-0.3, -0.25) is 4.79 Å². The number of rotatable bonds is 6. The molecule has 0 aliphatic carbocycles. The topological polar surface area (TPSA) is 58.6 Å². The third kappa shape index (κ3) is 5.37. The lowest BCUT2D eigenvalue weighted by molar-refractivity contribution is -0.135. The van der Waals surface area contributed by atoms with Crippen LogP contribution in [0, 0.1) is 6.92 Å². The Kier molecular flexibility index (Phi) is 6.74. The molecule has 0 unspecified atom stereocenters. The van der Waals surface area contributed by atoms with E-state index in [1.54, 1.807) is 0 Å². The van der Waals surface area contributed by atoms with Gasteiger partial charge in [0.1, 0.15) is 12.4 Å². The highest BCUT2D eigenvalue weighted by molar-refractivity contribution is 7.09. The molecular formula is C19H24N4O2S. The van der Waals surface area contributed by atoms with Crippen LogP contribution in [0.25, 0.3) is 6.08 Å². The van der Waals surface area contributed by atoms with Gasteiger partial charge >= 0.3 is 0 Å². The van der Waals surface area contributed by atoms with Crippen LogP contribution < -0.4 is 4.90 Å². The zero-order valence-electron chi connectivity index (χ0n) is 15.0. The number of ether oxygens (including phenoxy) is 1. The second kappa shape index (κ2) is 9.45. The number of benzene rings is 1. The predicted molar refractivity (Wildman–Crippen MR) is 104 cm³/mol. The molecule has 6 nitrogen and oxygen atoms in total. The Morgan fingerprint density at radius 2 is 2.08 bits per heavy atom. The molecule has 0 atom stereocenters. The first-order valence-corrected chi connectivity index (χ1v) is 9.62. The van der Waals surface area contributed by atoms with E-state index in [0.29, 0.717) is 13.2 Å². The molecule has 7 heteroatoms. The minimum atomic E-state index is 0.0494. The smallest absolute Gasteiger partial charge is 0.248 e. The Bertz CT molecular complexity index is 732. The van der Waals surface area contributed by atoms with Crippen molar-refractivity contribution < 1.29 is 9.53 Å². The summed E-state index contributed by atoms with van der Waals surface area (Å²) >= 11 is 1.42. The maximum atomic E-state index is 12.4. The van der Waals surface area contributed by atoms with Crippen molar-refractivity contribution in [2.75, 3.05) is 44.3 Å². The van der Waals surface area contributed by atoms with Gasteiger partial charge in [-0.25, -0.2) is 4.98 Å². The monoisotopic (exact) mass is 372 g/mol. The highest BCUT2D eigenvalue weighted by Crippen LogP contribution is 2.18. The first-order valence-electron chi connectivity index (χ1n) is 8.85. The van der Waals surface area contributed by atoms with Gasteiger partial charge in [0.25, 0.3) is 0 Å². The van der Waals surface area contributed by atoms with E-state index >= 15 is 0 Å². The second-order valence-corrected chi connectivity index (χ2v) is 6.90. The van der Waals surface area contributed by atoms with Gasteiger partial charge in [-0.1, -0.05) is 42.5 Å². The van der Waals surface area contributed by atoms with Crippen molar-refractivity contribution in [3.63, 3.8) is 0 Å². The second-order valence-electron chi connectivity index (χ2n) is 6.17. The first-order chi connectivity index (χ1) is 12.7. The van der Waals surface area contributed by atoms with E-state index in [1.165, 1.54) is 11.5 Å². The highest BCUT2D eigenvalue weighted by Gasteiger charge is 2.20. The van der Waals surface area contributed by atoms with Crippen LogP contribution in [0.2, 0.25) is 0 Å². The summed E-state index contributed by atoms with van der Waals surface area (Å²) in [7, 11) is 0. The Labute approximate surface area is 158 Å². The summed E-state index contributed by atoms with van der Waals surface area (Å²) < 4.78 is 9.75. The van der Waals surface area contributed by atoms with E-state index in [0.717, 1.165) is 42.6 Å². The summed E-state index contributed by atoms with van der Waals surface area (Å²) in [6, 6.07) is 10.0. The van der Waals surface area contributed by atoms with Gasteiger partial charge in [0.15, 0.2) is 0 Å². The molecule has 0 radical (unpaired) electrons. The molecule has 0 N–H and O–H groups in total. The summed E-state index contributed by atoms with van der Waals surface area (Å²) in [6.45, 7) is 5.60. The standard InChI is InChI=1S/C19H24N4O2S/c1-16-20-19(26-21-16)23-11-6-10-22(12-13-23)18(24)15-25-14-5-9-17-7-3-2-4-8-17/h2-5,7-9H,6,10-15H2,1H3/b9-5+. The zero-order chi connectivity index (χ0) is 18.2. The molecule has 1 aliphatic rings. The molecule has 0 bridgehead atoms. The molecule has 26 heavy (non-hydrogen) atoms. The fourth-order valence-corrected chi connectivity index (χ4v) is 3.55. The number of carbonyl (C=O) groups is 1. The van der Waals surface area contributed by atoms with Crippen molar-refractivity contribution >= 4 is 28.6 Å². The van der Waals surface area contributed by atoms with Crippen LogP contribution >= 0.6 is 11.5 Å². The van der Waals surface area contributed by atoms with Gasteiger partial charge in [-0.05, 0) is 18.9 Å². The molecule has 1 aromatic carbocycles. The number of aromatic nitrogens is 2. The fraction of sp³-hybridized carbons (Fsp3) is 0.421. The van der Waals surface area contributed by atoms with Gasteiger partial charge in [-0.15, -0.1) is 0 Å².